The summed E-state index contributed by atoms with van der Waals surface area (Å²) < 4.78 is 23.6. The number of aromatic nitrogens is 3. The lowest BCUT2D eigenvalue weighted by Gasteiger charge is -2.01. The Morgan fingerprint density at radius 1 is 1.50 bits per heavy atom. The number of sulfonamides is 1. The maximum Gasteiger partial charge on any atom is 0.243 e. The molecule has 0 fully saturated rings. The summed E-state index contributed by atoms with van der Waals surface area (Å²) >= 11 is 0. The van der Waals surface area contributed by atoms with Gasteiger partial charge in [-0.25, -0.2) is 18.2 Å². The summed E-state index contributed by atoms with van der Waals surface area (Å²) in [5.74, 6) is 0.557. The van der Waals surface area contributed by atoms with Crippen LogP contribution in [0.1, 0.15) is 0 Å². The van der Waals surface area contributed by atoms with Crippen LogP contribution in [-0.4, -0.2) is 42.9 Å². The fourth-order valence-electron chi connectivity index (χ4n) is 0.764. The average molecular weight is 220 g/mol. The molecule has 0 amide bonds. The molecule has 0 bridgehead atoms. The minimum atomic E-state index is -3.14. The normalized spacial score (nSPS) is 11.5. The third kappa shape index (κ3) is 4.05. The van der Waals surface area contributed by atoms with Gasteiger partial charge in [-0.2, -0.15) is 4.98 Å². The monoisotopic (exact) mass is 220 g/mol. The van der Waals surface area contributed by atoms with Gasteiger partial charge in [-0.3, -0.25) is 0 Å². The van der Waals surface area contributed by atoms with Crippen molar-refractivity contribution in [3.05, 3.63) is 0 Å². The number of nitrogens with one attached hydrogen (secondary N) is 3. The second kappa shape index (κ2) is 4.24. The van der Waals surface area contributed by atoms with Crippen molar-refractivity contribution in [2.75, 3.05) is 30.4 Å². The summed E-state index contributed by atoms with van der Waals surface area (Å²) in [4.78, 5) is 3.77. The SMILES string of the molecule is CS(=O)(=O)NCCNc1n[nH]c(N)n1. The summed E-state index contributed by atoms with van der Waals surface area (Å²) in [5.41, 5.74) is 5.27. The molecule has 1 heterocycles. The Balaban J connectivity index is 2.23. The molecule has 1 aromatic rings. The lowest BCUT2D eigenvalue weighted by Crippen LogP contribution is -2.27. The summed E-state index contributed by atoms with van der Waals surface area (Å²) in [5, 5.41) is 8.92. The molecule has 8 nitrogen and oxygen atoms in total. The Hall–Kier alpha value is -1.35. The van der Waals surface area contributed by atoms with Gasteiger partial charge >= 0.3 is 0 Å². The molecule has 0 atom stereocenters. The van der Waals surface area contributed by atoms with Gasteiger partial charge < -0.3 is 11.1 Å². The fourth-order valence-corrected chi connectivity index (χ4v) is 1.24. The van der Waals surface area contributed by atoms with Crippen LogP contribution in [0.3, 0.4) is 0 Å². The van der Waals surface area contributed by atoms with E-state index in [1.165, 1.54) is 0 Å². The van der Waals surface area contributed by atoms with Crippen molar-refractivity contribution >= 4 is 21.9 Å². The molecule has 80 valence electrons. The van der Waals surface area contributed by atoms with Gasteiger partial charge in [0.1, 0.15) is 0 Å². The van der Waals surface area contributed by atoms with Crippen LogP contribution in [0.4, 0.5) is 11.9 Å². The summed E-state index contributed by atoms with van der Waals surface area (Å²) in [6.07, 6.45) is 1.10. The molecule has 0 saturated carbocycles. The van der Waals surface area contributed by atoms with E-state index < -0.39 is 10.0 Å². The van der Waals surface area contributed by atoms with Crippen LogP contribution in [0.2, 0.25) is 0 Å². The molecule has 0 aliphatic carbocycles. The molecule has 1 rings (SSSR count). The molecule has 0 unspecified atom stereocenters. The third-order valence-electron chi connectivity index (χ3n) is 1.28. The van der Waals surface area contributed by atoms with Crippen LogP contribution in [0.15, 0.2) is 0 Å². The van der Waals surface area contributed by atoms with Crippen LogP contribution >= 0.6 is 0 Å². The highest BCUT2D eigenvalue weighted by Crippen LogP contribution is 1.96. The molecule has 1 aromatic heterocycles. The van der Waals surface area contributed by atoms with Crippen LogP contribution in [-0.2, 0) is 10.0 Å². The Kier molecular flexibility index (Phi) is 3.25. The van der Waals surface area contributed by atoms with E-state index in [9.17, 15) is 8.42 Å². The zero-order chi connectivity index (χ0) is 10.6. The van der Waals surface area contributed by atoms with Crippen LogP contribution in [0, 0.1) is 0 Å². The number of rotatable bonds is 5. The molecule has 14 heavy (non-hydrogen) atoms. The molecule has 9 heteroatoms. The van der Waals surface area contributed by atoms with Gasteiger partial charge in [0.25, 0.3) is 0 Å². The number of nitrogen functional groups attached to an aromatic ring is 1. The lowest BCUT2D eigenvalue weighted by molar-refractivity contribution is 0.589. The number of nitrogens with two attached hydrogens (primary N) is 1. The zero-order valence-corrected chi connectivity index (χ0v) is 8.43. The van der Waals surface area contributed by atoms with Gasteiger partial charge in [-0.05, 0) is 0 Å². The molecule has 0 aromatic carbocycles. The average Bonchev–Trinajstić information content (AvgIpc) is 2.44. The summed E-state index contributed by atoms with van der Waals surface area (Å²) in [6.45, 7) is 0.664. The molecular formula is C5H12N6O2S. The highest BCUT2D eigenvalue weighted by atomic mass is 32.2. The van der Waals surface area contributed by atoms with E-state index >= 15 is 0 Å². The van der Waals surface area contributed by atoms with E-state index in [4.69, 9.17) is 5.73 Å². The quantitative estimate of drug-likeness (QED) is 0.440. The summed E-state index contributed by atoms with van der Waals surface area (Å²) in [6, 6.07) is 0. The van der Waals surface area contributed by atoms with E-state index in [1.807, 2.05) is 0 Å². The first-order chi connectivity index (χ1) is 6.47. The molecule has 5 N–H and O–H groups in total. The second-order valence-electron chi connectivity index (χ2n) is 2.64. The fraction of sp³-hybridized carbons (Fsp3) is 0.600. The van der Waals surface area contributed by atoms with Crippen molar-refractivity contribution in [2.24, 2.45) is 0 Å². The number of H-pyrrole nitrogens is 1. The highest BCUT2D eigenvalue weighted by molar-refractivity contribution is 7.88. The first-order valence-corrected chi connectivity index (χ1v) is 5.73. The zero-order valence-electron chi connectivity index (χ0n) is 7.61. The Labute approximate surface area is 81.3 Å². The Morgan fingerprint density at radius 2 is 2.21 bits per heavy atom. The van der Waals surface area contributed by atoms with E-state index in [0.717, 1.165) is 6.26 Å². The van der Waals surface area contributed by atoms with E-state index in [1.54, 1.807) is 0 Å². The van der Waals surface area contributed by atoms with Gasteiger partial charge in [0, 0.05) is 13.1 Å². The molecular weight excluding hydrogens is 208 g/mol. The van der Waals surface area contributed by atoms with Crippen molar-refractivity contribution in [1.82, 2.24) is 19.9 Å². The minimum absolute atomic E-state index is 0.212. The number of hydrogen-bond acceptors (Lipinski definition) is 6. The number of aromatic amines is 1. The highest BCUT2D eigenvalue weighted by Gasteiger charge is 2.00. The first kappa shape index (κ1) is 10.7. The molecule has 0 spiro atoms. The first-order valence-electron chi connectivity index (χ1n) is 3.84. The van der Waals surface area contributed by atoms with Gasteiger partial charge in [0.2, 0.25) is 21.9 Å². The predicted octanol–water partition coefficient (Wildman–Crippen LogP) is -1.65. The van der Waals surface area contributed by atoms with E-state index in [2.05, 4.69) is 25.2 Å². The van der Waals surface area contributed by atoms with Crippen LogP contribution < -0.4 is 15.8 Å². The van der Waals surface area contributed by atoms with Gasteiger partial charge in [0.15, 0.2) is 0 Å². The summed E-state index contributed by atoms with van der Waals surface area (Å²) in [7, 11) is -3.14. The van der Waals surface area contributed by atoms with Gasteiger partial charge in [-0.15, -0.1) is 5.10 Å². The van der Waals surface area contributed by atoms with Crippen molar-refractivity contribution in [3.8, 4) is 0 Å². The predicted molar refractivity (Wildman–Crippen MR) is 52.1 cm³/mol. The number of nitrogens with zero attached hydrogens (tertiary/aromatic N) is 2. The third-order valence-corrected chi connectivity index (χ3v) is 2.00. The van der Waals surface area contributed by atoms with Crippen molar-refractivity contribution in [1.29, 1.82) is 0 Å². The molecule has 0 aliphatic heterocycles. The van der Waals surface area contributed by atoms with Crippen molar-refractivity contribution in [2.45, 2.75) is 0 Å². The maximum absolute atomic E-state index is 10.7. The van der Waals surface area contributed by atoms with Gasteiger partial charge in [0.05, 0.1) is 6.26 Å². The standard InChI is InChI=1S/C5H12N6O2S/c1-14(12,13)8-3-2-7-5-9-4(6)10-11-5/h8H,2-3H2,1H3,(H4,6,7,9,10,11). The van der Waals surface area contributed by atoms with Crippen molar-refractivity contribution < 1.29 is 8.42 Å². The van der Waals surface area contributed by atoms with Crippen molar-refractivity contribution in [3.63, 3.8) is 0 Å². The molecule has 0 radical (unpaired) electrons. The minimum Gasteiger partial charge on any atom is -0.368 e. The second-order valence-corrected chi connectivity index (χ2v) is 4.47. The molecule has 0 aliphatic rings. The smallest absolute Gasteiger partial charge is 0.243 e. The van der Waals surface area contributed by atoms with E-state index in [-0.39, 0.29) is 12.5 Å². The van der Waals surface area contributed by atoms with E-state index in [0.29, 0.717) is 12.5 Å². The largest absolute Gasteiger partial charge is 0.368 e. The van der Waals surface area contributed by atoms with Crippen LogP contribution in [0.25, 0.3) is 0 Å². The van der Waals surface area contributed by atoms with Crippen LogP contribution in [0.5, 0.6) is 0 Å². The number of hydrogen-bond donors (Lipinski definition) is 4. The van der Waals surface area contributed by atoms with Gasteiger partial charge in [-0.1, -0.05) is 0 Å². The maximum atomic E-state index is 10.7. The Morgan fingerprint density at radius 3 is 2.71 bits per heavy atom. The Bertz CT molecular complexity index is 385. The number of anilines is 2. The topological polar surface area (TPSA) is 126 Å². The lowest BCUT2D eigenvalue weighted by atomic mass is 10.6. The molecule has 0 saturated heterocycles.